The zero-order chi connectivity index (χ0) is 14.1. The largest absolute Gasteiger partial charge is 0.466 e. The van der Waals surface area contributed by atoms with Crippen molar-refractivity contribution in [3.63, 3.8) is 0 Å². The molecule has 2 heteroatoms. The molecule has 0 aliphatic carbocycles. The molecule has 0 saturated heterocycles. The van der Waals surface area contributed by atoms with Gasteiger partial charge in [-0.25, -0.2) is 0 Å². The predicted molar refractivity (Wildman–Crippen MR) is 82.8 cm³/mol. The molecule has 0 saturated carbocycles. The molecule has 1 unspecified atom stereocenters. The van der Waals surface area contributed by atoms with Crippen LogP contribution in [0.15, 0.2) is 52.9 Å². The minimum absolute atomic E-state index is 0.0294. The highest BCUT2D eigenvalue weighted by Crippen LogP contribution is 2.26. The van der Waals surface area contributed by atoms with E-state index in [-0.39, 0.29) is 6.04 Å². The Balaban J connectivity index is 1.95. The summed E-state index contributed by atoms with van der Waals surface area (Å²) in [6.07, 6.45) is 0.821. The van der Waals surface area contributed by atoms with Crippen molar-refractivity contribution in [3.05, 3.63) is 71.2 Å². The van der Waals surface area contributed by atoms with Gasteiger partial charge in [0.25, 0.3) is 0 Å². The summed E-state index contributed by atoms with van der Waals surface area (Å²) in [5.41, 5.74) is 8.77. The first kappa shape index (κ1) is 12.9. The third kappa shape index (κ3) is 2.35. The third-order valence-electron chi connectivity index (χ3n) is 3.80. The molecule has 2 nitrogen and oxygen atoms in total. The van der Waals surface area contributed by atoms with Crippen LogP contribution in [0.25, 0.3) is 10.8 Å². The van der Waals surface area contributed by atoms with Crippen LogP contribution in [0, 0.1) is 13.8 Å². The lowest BCUT2D eigenvalue weighted by Gasteiger charge is -2.13. The van der Waals surface area contributed by atoms with Crippen molar-refractivity contribution in [2.75, 3.05) is 0 Å². The molecule has 1 heterocycles. The minimum Gasteiger partial charge on any atom is -0.466 e. The molecule has 3 aromatic rings. The van der Waals surface area contributed by atoms with Crippen molar-refractivity contribution in [3.8, 4) is 0 Å². The van der Waals surface area contributed by atoms with E-state index in [0.717, 1.165) is 23.5 Å². The van der Waals surface area contributed by atoms with Crippen LogP contribution in [-0.4, -0.2) is 0 Å². The molecule has 102 valence electrons. The molecule has 1 aromatic heterocycles. The van der Waals surface area contributed by atoms with Crippen molar-refractivity contribution in [1.82, 2.24) is 0 Å². The predicted octanol–water partition coefficient (Wildman–Crippen LogP) is 4.29. The van der Waals surface area contributed by atoms with Gasteiger partial charge in [-0.1, -0.05) is 42.5 Å². The van der Waals surface area contributed by atoms with Crippen LogP contribution >= 0.6 is 0 Å². The fourth-order valence-electron chi connectivity index (χ4n) is 2.84. The molecule has 0 fully saturated rings. The van der Waals surface area contributed by atoms with Crippen molar-refractivity contribution in [2.24, 2.45) is 5.73 Å². The zero-order valence-corrected chi connectivity index (χ0v) is 11.9. The van der Waals surface area contributed by atoms with Gasteiger partial charge in [0, 0.05) is 11.6 Å². The molecule has 0 spiro atoms. The first-order valence-electron chi connectivity index (χ1n) is 6.94. The molecule has 3 rings (SSSR count). The highest BCUT2D eigenvalue weighted by atomic mass is 16.3. The first-order valence-corrected chi connectivity index (χ1v) is 6.94. The minimum atomic E-state index is -0.0294. The topological polar surface area (TPSA) is 39.2 Å². The molecule has 2 aromatic carbocycles. The van der Waals surface area contributed by atoms with Crippen molar-refractivity contribution in [2.45, 2.75) is 26.3 Å². The van der Waals surface area contributed by atoms with Gasteiger partial charge >= 0.3 is 0 Å². The summed E-state index contributed by atoms with van der Waals surface area (Å²) in [6, 6.07) is 16.8. The molecule has 0 radical (unpaired) electrons. The molecule has 2 N–H and O–H groups in total. The number of nitrogens with two attached hydrogens (primary N) is 1. The van der Waals surface area contributed by atoms with E-state index in [9.17, 15) is 0 Å². The van der Waals surface area contributed by atoms with Crippen LogP contribution in [0.4, 0.5) is 0 Å². The second-order valence-corrected chi connectivity index (χ2v) is 5.32. The van der Waals surface area contributed by atoms with E-state index in [1.807, 2.05) is 19.9 Å². The Bertz CT molecular complexity index is 737. The quantitative estimate of drug-likeness (QED) is 0.767. The molecule has 0 amide bonds. The van der Waals surface area contributed by atoms with Crippen LogP contribution in [-0.2, 0) is 6.42 Å². The number of fused-ring (bicyclic) bond motifs is 1. The Kier molecular flexibility index (Phi) is 3.33. The summed E-state index contributed by atoms with van der Waals surface area (Å²) in [5, 5.41) is 2.54. The number of hydrogen-bond acceptors (Lipinski definition) is 2. The number of rotatable bonds is 3. The first-order chi connectivity index (χ1) is 9.65. The second-order valence-electron chi connectivity index (χ2n) is 5.32. The van der Waals surface area contributed by atoms with E-state index in [1.165, 1.54) is 16.3 Å². The van der Waals surface area contributed by atoms with Gasteiger partial charge in [-0.2, -0.15) is 0 Å². The molecule has 20 heavy (non-hydrogen) atoms. The van der Waals surface area contributed by atoms with E-state index in [4.69, 9.17) is 10.2 Å². The Morgan fingerprint density at radius 1 is 1.05 bits per heavy atom. The highest BCUT2D eigenvalue weighted by Gasteiger charge is 2.14. The lowest BCUT2D eigenvalue weighted by atomic mass is 9.95. The van der Waals surface area contributed by atoms with Crippen molar-refractivity contribution < 1.29 is 4.42 Å². The van der Waals surface area contributed by atoms with E-state index in [1.54, 1.807) is 0 Å². The second kappa shape index (κ2) is 5.14. The fraction of sp³-hybridized carbons (Fsp3) is 0.222. The molecule has 0 aliphatic heterocycles. The summed E-state index contributed by atoms with van der Waals surface area (Å²) in [5.74, 6) is 1.85. The van der Waals surface area contributed by atoms with E-state index < -0.39 is 0 Å². The average Bonchev–Trinajstić information content (AvgIpc) is 2.78. The highest BCUT2D eigenvalue weighted by molar-refractivity contribution is 5.85. The Hall–Kier alpha value is -2.06. The summed E-state index contributed by atoms with van der Waals surface area (Å²) < 4.78 is 5.58. The van der Waals surface area contributed by atoms with Gasteiger partial charge in [0.1, 0.15) is 11.5 Å². The Morgan fingerprint density at radius 2 is 1.80 bits per heavy atom. The monoisotopic (exact) mass is 265 g/mol. The van der Waals surface area contributed by atoms with E-state index in [2.05, 4.69) is 42.5 Å². The van der Waals surface area contributed by atoms with Gasteiger partial charge in [0.2, 0.25) is 0 Å². The van der Waals surface area contributed by atoms with Gasteiger partial charge in [0.05, 0.1) is 0 Å². The van der Waals surface area contributed by atoms with E-state index in [0.29, 0.717) is 0 Å². The zero-order valence-electron chi connectivity index (χ0n) is 11.9. The van der Waals surface area contributed by atoms with Crippen molar-refractivity contribution >= 4 is 10.8 Å². The van der Waals surface area contributed by atoms with Gasteiger partial charge in [-0.05, 0) is 42.7 Å². The van der Waals surface area contributed by atoms with E-state index >= 15 is 0 Å². The SMILES string of the molecule is Cc1cc(C(N)Cc2cccc3ccccc23)c(C)o1. The summed E-state index contributed by atoms with van der Waals surface area (Å²) in [7, 11) is 0. The summed E-state index contributed by atoms with van der Waals surface area (Å²) in [6.45, 7) is 3.94. The standard InChI is InChI=1S/C18H19NO/c1-12-10-17(13(2)20-12)18(19)11-15-8-5-7-14-6-3-4-9-16(14)15/h3-10,18H,11,19H2,1-2H3. The molecule has 1 atom stereocenters. The number of furan rings is 1. The summed E-state index contributed by atoms with van der Waals surface area (Å²) in [4.78, 5) is 0. The van der Waals surface area contributed by atoms with Gasteiger partial charge in [-0.15, -0.1) is 0 Å². The molecular formula is C18H19NO. The van der Waals surface area contributed by atoms with Crippen LogP contribution in [0.1, 0.15) is 28.7 Å². The fourth-order valence-corrected chi connectivity index (χ4v) is 2.84. The van der Waals surface area contributed by atoms with Crippen LogP contribution in [0.2, 0.25) is 0 Å². The van der Waals surface area contributed by atoms with Crippen LogP contribution < -0.4 is 5.73 Å². The van der Waals surface area contributed by atoms with Gasteiger partial charge in [0.15, 0.2) is 0 Å². The third-order valence-corrected chi connectivity index (χ3v) is 3.80. The van der Waals surface area contributed by atoms with Crippen LogP contribution in [0.3, 0.4) is 0 Å². The smallest absolute Gasteiger partial charge is 0.105 e. The van der Waals surface area contributed by atoms with Crippen molar-refractivity contribution in [1.29, 1.82) is 0 Å². The van der Waals surface area contributed by atoms with Crippen LogP contribution in [0.5, 0.6) is 0 Å². The molecule has 0 aliphatic rings. The number of benzene rings is 2. The van der Waals surface area contributed by atoms with Gasteiger partial charge < -0.3 is 10.2 Å². The maximum Gasteiger partial charge on any atom is 0.105 e. The lowest BCUT2D eigenvalue weighted by Crippen LogP contribution is -2.13. The molecular weight excluding hydrogens is 246 g/mol. The number of hydrogen-bond donors (Lipinski definition) is 1. The number of aryl methyl sites for hydroxylation is 2. The molecule has 0 bridgehead atoms. The normalized spacial score (nSPS) is 12.8. The Labute approximate surface area is 119 Å². The van der Waals surface area contributed by atoms with Gasteiger partial charge in [-0.3, -0.25) is 0 Å². The maximum atomic E-state index is 6.37. The Morgan fingerprint density at radius 3 is 2.55 bits per heavy atom. The summed E-state index contributed by atoms with van der Waals surface area (Å²) >= 11 is 0. The average molecular weight is 265 g/mol. The maximum absolute atomic E-state index is 6.37. The lowest BCUT2D eigenvalue weighted by molar-refractivity contribution is 0.497.